The molecule has 0 amide bonds. The predicted molar refractivity (Wildman–Crippen MR) is 87.1 cm³/mol. The molecule has 1 aliphatic rings. The van der Waals surface area contributed by atoms with Gasteiger partial charge in [-0.05, 0) is 48.9 Å². The molecule has 2 unspecified atom stereocenters. The number of nitrogens with zero attached hydrogens (tertiary/aromatic N) is 1. The van der Waals surface area contributed by atoms with Crippen molar-refractivity contribution in [3.8, 4) is 0 Å². The number of aryl methyl sites for hydroxylation is 1. The molecular weight excluding hydrogens is 306 g/mol. The molecule has 0 aliphatic heterocycles. The van der Waals surface area contributed by atoms with E-state index in [0.717, 1.165) is 30.4 Å². The largest absolute Gasteiger partial charge is 0.243 e. The summed E-state index contributed by atoms with van der Waals surface area (Å²) >= 11 is 5.90. The van der Waals surface area contributed by atoms with E-state index in [-0.39, 0.29) is 6.04 Å². The second kappa shape index (κ2) is 6.67. The van der Waals surface area contributed by atoms with E-state index in [9.17, 15) is 8.42 Å². The van der Waals surface area contributed by atoms with Gasteiger partial charge in [0.2, 0.25) is 10.0 Å². The number of alkyl halides is 1. The molecular formula is C16H24ClNO2S. The molecule has 3 nitrogen and oxygen atoms in total. The van der Waals surface area contributed by atoms with E-state index in [0.29, 0.717) is 16.7 Å². The second-order valence-corrected chi connectivity index (χ2v) is 8.34. The van der Waals surface area contributed by atoms with Gasteiger partial charge in [-0.2, -0.15) is 4.31 Å². The molecule has 1 fully saturated rings. The van der Waals surface area contributed by atoms with Crippen LogP contribution < -0.4 is 0 Å². The second-order valence-electron chi connectivity index (χ2n) is 6.07. The highest BCUT2D eigenvalue weighted by atomic mass is 35.5. The van der Waals surface area contributed by atoms with Gasteiger partial charge in [-0.3, -0.25) is 0 Å². The minimum atomic E-state index is -3.45. The van der Waals surface area contributed by atoms with Crippen molar-refractivity contribution < 1.29 is 8.42 Å². The van der Waals surface area contributed by atoms with E-state index in [1.54, 1.807) is 23.5 Å². The fourth-order valence-corrected chi connectivity index (χ4v) is 4.95. The van der Waals surface area contributed by atoms with Gasteiger partial charge in [-0.25, -0.2) is 8.42 Å². The lowest BCUT2D eigenvalue weighted by molar-refractivity contribution is 0.213. The normalized spacial score (nSPS) is 23.5. The molecule has 1 aliphatic carbocycles. The molecule has 0 aromatic heterocycles. The summed E-state index contributed by atoms with van der Waals surface area (Å²) in [4.78, 5) is 0.351. The first-order valence-electron chi connectivity index (χ1n) is 7.51. The Bertz CT molecular complexity index is 600. The quantitative estimate of drug-likeness (QED) is 0.785. The molecule has 1 aromatic carbocycles. The summed E-state index contributed by atoms with van der Waals surface area (Å²) in [5.41, 5.74) is 1.90. The van der Waals surface area contributed by atoms with Crippen molar-refractivity contribution in [2.75, 3.05) is 7.05 Å². The van der Waals surface area contributed by atoms with Crippen molar-refractivity contribution in [2.45, 2.75) is 56.3 Å². The number of halogens is 1. The molecule has 5 heteroatoms. The Morgan fingerprint density at radius 2 is 1.95 bits per heavy atom. The molecule has 0 radical (unpaired) electrons. The summed E-state index contributed by atoms with van der Waals surface area (Å²) < 4.78 is 27.2. The zero-order chi connectivity index (χ0) is 15.6. The van der Waals surface area contributed by atoms with Gasteiger partial charge in [-0.1, -0.05) is 25.8 Å². The van der Waals surface area contributed by atoms with Crippen LogP contribution in [0.4, 0.5) is 0 Å². The van der Waals surface area contributed by atoms with Crippen molar-refractivity contribution in [1.29, 1.82) is 0 Å². The molecule has 2 rings (SSSR count). The third-order valence-electron chi connectivity index (χ3n) is 4.67. The lowest BCUT2D eigenvalue weighted by Crippen LogP contribution is -2.42. The number of hydrogen-bond acceptors (Lipinski definition) is 2. The minimum Gasteiger partial charge on any atom is -0.207 e. The van der Waals surface area contributed by atoms with Crippen molar-refractivity contribution >= 4 is 21.6 Å². The topological polar surface area (TPSA) is 37.4 Å². The van der Waals surface area contributed by atoms with Crippen molar-refractivity contribution in [3.63, 3.8) is 0 Å². The van der Waals surface area contributed by atoms with Crippen LogP contribution in [0, 0.1) is 12.8 Å². The van der Waals surface area contributed by atoms with Crippen molar-refractivity contribution in [3.05, 3.63) is 29.3 Å². The van der Waals surface area contributed by atoms with Gasteiger partial charge in [-0.15, -0.1) is 11.6 Å². The lowest BCUT2D eigenvalue weighted by Gasteiger charge is -2.35. The smallest absolute Gasteiger partial charge is 0.207 e. The number of sulfonamides is 1. The molecule has 0 spiro atoms. The van der Waals surface area contributed by atoms with Crippen LogP contribution in [0.3, 0.4) is 0 Å². The molecule has 1 aromatic rings. The van der Waals surface area contributed by atoms with Gasteiger partial charge < -0.3 is 0 Å². The van der Waals surface area contributed by atoms with Gasteiger partial charge >= 0.3 is 0 Å². The standard InChI is InChI=1S/C16H24ClNO2S/c1-12-8-9-15(10-14(12)11-17)21(19,20)18(3)16-7-5-4-6-13(16)2/h8-10,13,16H,4-7,11H2,1-3H3. The highest BCUT2D eigenvalue weighted by molar-refractivity contribution is 7.89. The summed E-state index contributed by atoms with van der Waals surface area (Å²) in [6.07, 6.45) is 4.36. The molecule has 2 atom stereocenters. The summed E-state index contributed by atoms with van der Waals surface area (Å²) in [7, 11) is -1.74. The average Bonchev–Trinajstić information content (AvgIpc) is 2.47. The zero-order valence-electron chi connectivity index (χ0n) is 13.0. The van der Waals surface area contributed by atoms with E-state index in [1.807, 2.05) is 13.0 Å². The Hall–Kier alpha value is -0.580. The number of benzene rings is 1. The Balaban J connectivity index is 2.32. The molecule has 0 N–H and O–H groups in total. The maximum Gasteiger partial charge on any atom is 0.243 e. The first kappa shape index (κ1) is 16.8. The molecule has 0 saturated heterocycles. The third-order valence-corrected chi connectivity index (χ3v) is 6.84. The molecule has 0 heterocycles. The highest BCUT2D eigenvalue weighted by Crippen LogP contribution is 2.31. The maximum absolute atomic E-state index is 12.8. The van der Waals surface area contributed by atoms with E-state index < -0.39 is 10.0 Å². The third kappa shape index (κ3) is 3.43. The first-order chi connectivity index (χ1) is 9.87. The maximum atomic E-state index is 12.8. The highest BCUT2D eigenvalue weighted by Gasteiger charge is 2.33. The SMILES string of the molecule is Cc1ccc(S(=O)(=O)N(C)C2CCCCC2C)cc1CCl. The Kier molecular flexibility index (Phi) is 5.33. The van der Waals surface area contributed by atoms with Gasteiger partial charge in [0.15, 0.2) is 0 Å². The van der Waals surface area contributed by atoms with E-state index in [2.05, 4.69) is 6.92 Å². The first-order valence-corrected chi connectivity index (χ1v) is 9.49. The van der Waals surface area contributed by atoms with Crippen LogP contribution in [0.15, 0.2) is 23.1 Å². The van der Waals surface area contributed by atoms with Gasteiger partial charge in [0, 0.05) is 19.0 Å². The van der Waals surface area contributed by atoms with Crippen LogP contribution in [-0.4, -0.2) is 25.8 Å². The van der Waals surface area contributed by atoms with Crippen molar-refractivity contribution in [2.24, 2.45) is 5.92 Å². The Morgan fingerprint density at radius 1 is 1.29 bits per heavy atom. The minimum absolute atomic E-state index is 0.101. The monoisotopic (exact) mass is 329 g/mol. The number of rotatable bonds is 4. The molecule has 0 bridgehead atoms. The van der Waals surface area contributed by atoms with Crippen molar-refractivity contribution in [1.82, 2.24) is 4.31 Å². The summed E-state index contributed by atoms with van der Waals surface area (Å²) in [6, 6.07) is 5.33. The average molecular weight is 330 g/mol. The van der Waals surface area contributed by atoms with E-state index >= 15 is 0 Å². The van der Waals surface area contributed by atoms with Gasteiger partial charge in [0.1, 0.15) is 0 Å². The summed E-state index contributed by atoms with van der Waals surface area (Å²) in [5.74, 6) is 0.745. The number of hydrogen-bond donors (Lipinski definition) is 0. The van der Waals surface area contributed by atoms with E-state index in [4.69, 9.17) is 11.6 Å². The van der Waals surface area contributed by atoms with Crippen LogP contribution in [0.5, 0.6) is 0 Å². The van der Waals surface area contributed by atoms with Crippen LogP contribution >= 0.6 is 11.6 Å². The summed E-state index contributed by atoms with van der Waals surface area (Å²) in [6.45, 7) is 4.09. The Labute approximate surface area is 133 Å². The zero-order valence-corrected chi connectivity index (χ0v) is 14.5. The van der Waals surface area contributed by atoms with Crippen LogP contribution in [-0.2, 0) is 15.9 Å². The molecule has 21 heavy (non-hydrogen) atoms. The van der Waals surface area contributed by atoms with Crippen LogP contribution in [0.1, 0.15) is 43.7 Å². The van der Waals surface area contributed by atoms with Crippen LogP contribution in [0.2, 0.25) is 0 Å². The lowest BCUT2D eigenvalue weighted by atomic mass is 9.86. The van der Waals surface area contributed by atoms with Gasteiger partial charge in [0.05, 0.1) is 4.90 Å². The van der Waals surface area contributed by atoms with E-state index in [1.165, 1.54) is 6.42 Å². The fourth-order valence-electron chi connectivity index (χ4n) is 3.13. The molecule has 1 saturated carbocycles. The van der Waals surface area contributed by atoms with Gasteiger partial charge in [0.25, 0.3) is 0 Å². The Morgan fingerprint density at radius 3 is 2.57 bits per heavy atom. The fraction of sp³-hybridized carbons (Fsp3) is 0.625. The molecule has 118 valence electrons. The predicted octanol–water partition coefficient (Wildman–Crippen LogP) is 3.93. The van der Waals surface area contributed by atoms with Crippen LogP contribution in [0.25, 0.3) is 0 Å². The summed E-state index contributed by atoms with van der Waals surface area (Å²) in [5, 5.41) is 0.